The summed E-state index contributed by atoms with van der Waals surface area (Å²) in [4.78, 5) is 3.80. The third-order valence-electron chi connectivity index (χ3n) is 3.47. The minimum absolute atomic E-state index is 0.465. The third kappa shape index (κ3) is 2.23. The molecule has 1 aromatic carbocycles. The van der Waals surface area contributed by atoms with Crippen LogP contribution in [0.25, 0.3) is 10.1 Å². The molecule has 3 nitrogen and oxygen atoms in total. The summed E-state index contributed by atoms with van der Waals surface area (Å²) in [6.45, 7) is 3.29. The van der Waals surface area contributed by atoms with E-state index in [4.69, 9.17) is 4.74 Å². The Kier molecular flexibility index (Phi) is 3.24. The van der Waals surface area contributed by atoms with Gasteiger partial charge < -0.3 is 15.0 Å². The maximum Gasteiger partial charge on any atom is 0.120 e. The molecular formula is C14H18N2OS. The van der Waals surface area contributed by atoms with Crippen molar-refractivity contribution in [3.8, 4) is 5.75 Å². The zero-order valence-corrected chi connectivity index (χ0v) is 11.6. The summed E-state index contributed by atoms with van der Waals surface area (Å²) in [5.41, 5.74) is 0. The van der Waals surface area contributed by atoms with Gasteiger partial charge in [-0.2, -0.15) is 0 Å². The zero-order chi connectivity index (χ0) is 12.5. The zero-order valence-electron chi connectivity index (χ0n) is 10.8. The van der Waals surface area contributed by atoms with Crippen molar-refractivity contribution in [1.29, 1.82) is 0 Å². The molecule has 4 heteroatoms. The second-order valence-corrected chi connectivity index (χ2v) is 5.94. The van der Waals surface area contributed by atoms with E-state index >= 15 is 0 Å². The van der Waals surface area contributed by atoms with Gasteiger partial charge in [-0.3, -0.25) is 0 Å². The molecule has 2 heterocycles. The van der Waals surface area contributed by atoms with Crippen LogP contribution in [0.5, 0.6) is 5.75 Å². The number of piperazine rings is 1. The molecule has 1 aliphatic heterocycles. The molecule has 1 unspecified atom stereocenters. The number of thiophene rings is 1. The topological polar surface area (TPSA) is 24.5 Å². The highest BCUT2D eigenvalue weighted by atomic mass is 32.1. The van der Waals surface area contributed by atoms with Crippen molar-refractivity contribution < 1.29 is 4.74 Å². The number of benzene rings is 1. The van der Waals surface area contributed by atoms with E-state index in [9.17, 15) is 0 Å². The molecule has 96 valence electrons. The van der Waals surface area contributed by atoms with Crippen LogP contribution in [0.1, 0.15) is 10.9 Å². The van der Waals surface area contributed by atoms with Gasteiger partial charge in [0, 0.05) is 29.2 Å². The van der Waals surface area contributed by atoms with E-state index in [2.05, 4.69) is 35.5 Å². The monoisotopic (exact) mass is 262 g/mol. The first-order valence-corrected chi connectivity index (χ1v) is 7.07. The highest BCUT2D eigenvalue weighted by Crippen LogP contribution is 2.33. The number of rotatable bonds is 2. The number of ether oxygens (including phenoxy) is 1. The van der Waals surface area contributed by atoms with Crippen molar-refractivity contribution in [3.63, 3.8) is 0 Å². The first-order chi connectivity index (χ1) is 8.76. The summed E-state index contributed by atoms with van der Waals surface area (Å²) in [5.74, 6) is 0.935. The largest absolute Gasteiger partial charge is 0.497 e. The molecule has 0 radical (unpaired) electrons. The number of fused-ring (bicyclic) bond motifs is 1. The normalized spacial score (nSPS) is 21.3. The fraction of sp³-hybridized carbons (Fsp3) is 0.429. The molecule has 1 saturated heterocycles. The van der Waals surface area contributed by atoms with Crippen LogP contribution in [0.15, 0.2) is 24.3 Å². The molecule has 0 saturated carbocycles. The molecule has 0 amide bonds. The summed E-state index contributed by atoms with van der Waals surface area (Å²) >= 11 is 1.87. The summed E-state index contributed by atoms with van der Waals surface area (Å²) < 4.78 is 6.58. The van der Waals surface area contributed by atoms with Gasteiger partial charge in [-0.05, 0) is 36.7 Å². The van der Waals surface area contributed by atoms with Crippen molar-refractivity contribution >= 4 is 21.4 Å². The van der Waals surface area contributed by atoms with Gasteiger partial charge in [0.25, 0.3) is 0 Å². The third-order valence-corrected chi connectivity index (χ3v) is 4.68. The molecular weight excluding hydrogens is 244 g/mol. The van der Waals surface area contributed by atoms with Crippen LogP contribution in [0.4, 0.5) is 0 Å². The fourth-order valence-corrected chi connectivity index (χ4v) is 3.58. The van der Waals surface area contributed by atoms with Crippen LogP contribution < -0.4 is 10.1 Å². The lowest BCUT2D eigenvalue weighted by atomic mass is 10.1. The Morgan fingerprint density at radius 1 is 1.39 bits per heavy atom. The van der Waals surface area contributed by atoms with Gasteiger partial charge in [-0.1, -0.05) is 0 Å². The van der Waals surface area contributed by atoms with E-state index in [-0.39, 0.29) is 0 Å². The molecule has 2 aromatic rings. The predicted molar refractivity (Wildman–Crippen MR) is 76.6 cm³/mol. The smallest absolute Gasteiger partial charge is 0.120 e. The minimum atomic E-state index is 0.465. The van der Waals surface area contributed by atoms with Gasteiger partial charge in [0.05, 0.1) is 13.2 Å². The maximum absolute atomic E-state index is 5.28. The lowest BCUT2D eigenvalue weighted by Gasteiger charge is -2.30. The number of hydrogen-bond donors (Lipinski definition) is 1. The molecule has 1 fully saturated rings. The quantitative estimate of drug-likeness (QED) is 0.900. The average molecular weight is 262 g/mol. The maximum atomic E-state index is 5.28. The molecule has 0 spiro atoms. The van der Waals surface area contributed by atoms with E-state index in [1.54, 1.807) is 7.11 Å². The lowest BCUT2D eigenvalue weighted by molar-refractivity contribution is 0.243. The Balaban J connectivity index is 1.92. The SMILES string of the molecule is COc1ccc2cc(C3CN(C)CCN3)sc2c1. The Hall–Kier alpha value is -1.10. The highest BCUT2D eigenvalue weighted by molar-refractivity contribution is 7.19. The van der Waals surface area contributed by atoms with Crippen molar-refractivity contribution in [2.75, 3.05) is 33.8 Å². The van der Waals surface area contributed by atoms with E-state index in [1.165, 1.54) is 15.0 Å². The van der Waals surface area contributed by atoms with E-state index < -0.39 is 0 Å². The van der Waals surface area contributed by atoms with Crippen LogP contribution in [0, 0.1) is 0 Å². The van der Waals surface area contributed by atoms with Crippen LogP contribution in [-0.2, 0) is 0 Å². The van der Waals surface area contributed by atoms with Crippen molar-refractivity contribution in [3.05, 3.63) is 29.1 Å². The molecule has 0 bridgehead atoms. The van der Waals surface area contributed by atoms with Gasteiger partial charge in [-0.15, -0.1) is 11.3 Å². The summed E-state index contributed by atoms with van der Waals surface area (Å²) in [6.07, 6.45) is 0. The number of nitrogens with one attached hydrogen (secondary N) is 1. The van der Waals surface area contributed by atoms with Crippen molar-refractivity contribution in [2.24, 2.45) is 0 Å². The van der Waals surface area contributed by atoms with Gasteiger partial charge in [0.1, 0.15) is 5.75 Å². The van der Waals surface area contributed by atoms with Gasteiger partial charge in [0.2, 0.25) is 0 Å². The molecule has 3 rings (SSSR count). The van der Waals surface area contributed by atoms with Crippen LogP contribution in [0.3, 0.4) is 0 Å². The molecule has 1 N–H and O–H groups in total. The first kappa shape index (κ1) is 12.0. The first-order valence-electron chi connectivity index (χ1n) is 6.25. The lowest BCUT2D eigenvalue weighted by Crippen LogP contribution is -2.43. The van der Waals surface area contributed by atoms with Gasteiger partial charge >= 0.3 is 0 Å². The second-order valence-electron chi connectivity index (χ2n) is 4.82. The summed E-state index contributed by atoms with van der Waals surface area (Å²) in [7, 11) is 3.90. The second kappa shape index (κ2) is 4.88. The van der Waals surface area contributed by atoms with Crippen LogP contribution in [0.2, 0.25) is 0 Å². The molecule has 0 aliphatic carbocycles. The van der Waals surface area contributed by atoms with Crippen molar-refractivity contribution in [1.82, 2.24) is 10.2 Å². The Morgan fingerprint density at radius 2 is 2.28 bits per heavy atom. The van der Waals surface area contributed by atoms with Crippen LogP contribution >= 0.6 is 11.3 Å². The molecule has 1 aromatic heterocycles. The average Bonchev–Trinajstić information content (AvgIpc) is 2.81. The van der Waals surface area contributed by atoms with Crippen molar-refractivity contribution in [2.45, 2.75) is 6.04 Å². The summed E-state index contributed by atoms with van der Waals surface area (Å²) in [6, 6.07) is 9.05. The Morgan fingerprint density at radius 3 is 3.06 bits per heavy atom. The molecule has 1 atom stereocenters. The van der Waals surface area contributed by atoms with Crippen LogP contribution in [-0.4, -0.2) is 38.7 Å². The number of methoxy groups -OCH3 is 1. The fourth-order valence-electron chi connectivity index (χ4n) is 2.42. The van der Waals surface area contributed by atoms with Gasteiger partial charge in [-0.25, -0.2) is 0 Å². The van der Waals surface area contributed by atoms with E-state index in [0.717, 1.165) is 25.4 Å². The number of hydrogen-bond acceptors (Lipinski definition) is 4. The summed E-state index contributed by atoms with van der Waals surface area (Å²) in [5, 5.41) is 4.90. The van der Waals surface area contributed by atoms with Gasteiger partial charge in [0.15, 0.2) is 0 Å². The molecule has 1 aliphatic rings. The highest BCUT2D eigenvalue weighted by Gasteiger charge is 2.20. The number of nitrogens with zero attached hydrogens (tertiary/aromatic N) is 1. The van der Waals surface area contributed by atoms with E-state index in [1.807, 2.05) is 17.4 Å². The number of likely N-dealkylation sites (N-methyl/N-ethyl adjacent to an activating group) is 1. The Labute approximate surface area is 111 Å². The molecule has 18 heavy (non-hydrogen) atoms. The minimum Gasteiger partial charge on any atom is -0.497 e. The van der Waals surface area contributed by atoms with E-state index in [0.29, 0.717) is 6.04 Å². The Bertz CT molecular complexity index is 552. The predicted octanol–water partition coefficient (Wildman–Crippen LogP) is 2.49. The standard InChI is InChI=1S/C14H18N2OS/c1-16-6-5-15-12(9-16)14-7-10-3-4-11(17-2)8-13(10)18-14/h3-4,7-8,12,15H,5-6,9H2,1-2H3.